The average molecular weight is 279 g/mol. The van der Waals surface area contributed by atoms with Gasteiger partial charge in [0.2, 0.25) is 0 Å². The SMILES string of the molecule is CC(O)CCNCc1ccc(-c2cccc(F)c2)s1. The van der Waals surface area contributed by atoms with E-state index in [0.717, 1.165) is 30.0 Å². The van der Waals surface area contributed by atoms with E-state index in [1.807, 2.05) is 12.1 Å². The van der Waals surface area contributed by atoms with Gasteiger partial charge in [0.1, 0.15) is 5.82 Å². The van der Waals surface area contributed by atoms with Crippen LogP contribution in [0.15, 0.2) is 36.4 Å². The second-order valence-electron chi connectivity index (χ2n) is 4.59. The lowest BCUT2D eigenvalue weighted by Gasteiger charge is -2.04. The second kappa shape index (κ2) is 6.80. The average Bonchev–Trinajstić information content (AvgIpc) is 2.83. The van der Waals surface area contributed by atoms with Crippen LogP contribution < -0.4 is 5.32 Å². The van der Waals surface area contributed by atoms with Gasteiger partial charge in [-0.1, -0.05) is 12.1 Å². The van der Waals surface area contributed by atoms with Gasteiger partial charge in [-0.3, -0.25) is 0 Å². The molecule has 4 heteroatoms. The van der Waals surface area contributed by atoms with Crippen molar-refractivity contribution in [2.45, 2.75) is 26.0 Å². The smallest absolute Gasteiger partial charge is 0.123 e. The number of nitrogens with one attached hydrogen (secondary N) is 1. The van der Waals surface area contributed by atoms with Gasteiger partial charge >= 0.3 is 0 Å². The number of benzene rings is 1. The molecule has 2 nitrogen and oxygen atoms in total. The van der Waals surface area contributed by atoms with E-state index < -0.39 is 0 Å². The molecule has 19 heavy (non-hydrogen) atoms. The van der Waals surface area contributed by atoms with Crippen LogP contribution in [-0.4, -0.2) is 17.8 Å². The first-order valence-corrected chi connectivity index (χ1v) is 7.20. The second-order valence-corrected chi connectivity index (χ2v) is 5.76. The van der Waals surface area contributed by atoms with Crippen molar-refractivity contribution < 1.29 is 9.50 Å². The molecule has 0 radical (unpaired) electrons. The molecule has 0 saturated carbocycles. The lowest BCUT2D eigenvalue weighted by molar-refractivity contribution is 0.183. The Hall–Kier alpha value is -1.23. The fraction of sp³-hybridized carbons (Fsp3) is 0.333. The van der Waals surface area contributed by atoms with E-state index in [9.17, 15) is 4.39 Å². The number of halogens is 1. The highest BCUT2D eigenvalue weighted by Gasteiger charge is 2.04. The maximum absolute atomic E-state index is 13.2. The first-order valence-electron chi connectivity index (χ1n) is 6.38. The minimum absolute atomic E-state index is 0.206. The molecule has 2 rings (SSSR count). The van der Waals surface area contributed by atoms with E-state index in [1.165, 1.54) is 10.9 Å². The summed E-state index contributed by atoms with van der Waals surface area (Å²) in [6.07, 6.45) is 0.487. The zero-order valence-electron chi connectivity index (χ0n) is 10.9. The first kappa shape index (κ1) is 14.2. The van der Waals surface area contributed by atoms with E-state index in [4.69, 9.17) is 5.11 Å². The highest BCUT2D eigenvalue weighted by molar-refractivity contribution is 7.15. The Bertz CT molecular complexity index is 524. The molecule has 2 aromatic rings. The molecule has 0 aliphatic heterocycles. The van der Waals surface area contributed by atoms with Crippen molar-refractivity contribution in [2.24, 2.45) is 0 Å². The first-order chi connectivity index (χ1) is 9.15. The van der Waals surface area contributed by atoms with Gasteiger partial charge in [0, 0.05) is 16.3 Å². The Morgan fingerprint density at radius 2 is 2.16 bits per heavy atom. The molecule has 0 amide bonds. The van der Waals surface area contributed by atoms with Crippen molar-refractivity contribution in [3.05, 3.63) is 47.1 Å². The van der Waals surface area contributed by atoms with Crippen LogP contribution in [0.25, 0.3) is 10.4 Å². The van der Waals surface area contributed by atoms with Gasteiger partial charge in [-0.2, -0.15) is 0 Å². The Balaban J connectivity index is 1.92. The largest absolute Gasteiger partial charge is 0.393 e. The highest BCUT2D eigenvalue weighted by Crippen LogP contribution is 2.28. The minimum Gasteiger partial charge on any atom is -0.393 e. The number of hydrogen-bond acceptors (Lipinski definition) is 3. The summed E-state index contributed by atoms with van der Waals surface area (Å²) in [6, 6.07) is 10.7. The predicted molar refractivity (Wildman–Crippen MR) is 77.7 cm³/mol. The molecular weight excluding hydrogens is 261 g/mol. The van der Waals surface area contributed by atoms with Crippen LogP contribution in [0.3, 0.4) is 0 Å². The maximum atomic E-state index is 13.2. The minimum atomic E-state index is -0.265. The predicted octanol–water partition coefficient (Wildman–Crippen LogP) is 3.41. The third-order valence-electron chi connectivity index (χ3n) is 2.81. The summed E-state index contributed by atoms with van der Waals surface area (Å²) in [7, 11) is 0. The summed E-state index contributed by atoms with van der Waals surface area (Å²) in [5.74, 6) is -0.206. The van der Waals surface area contributed by atoms with E-state index in [-0.39, 0.29) is 11.9 Å². The Labute approximate surface area is 116 Å². The third-order valence-corrected chi connectivity index (χ3v) is 3.94. The number of hydrogen-bond donors (Lipinski definition) is 2. The zero-order valence-corrected chi connectivity index (χ0v) is 11.7. The van der Waals surface area contributed by atoms with Crippen LogP contribution in [0.1, 0.15) is 18.2 Å². The van der Waals surface area contributed by atoms with Crippen LogP contribution in [0.2, 0.25) is 0 Å². The lowest BCUT2D eigenvalue weighted by atomic mass is 10.2. The monoisotopic (exact) mass is 279 g/mol. The Kier molecular flexibility index (Phi) is 5.07. The van der Waals surface area contributed by atoms with Crippen LogP contribution in [0.4, 0.5) is 4.39 Å². The molecule has 1 aromatic carbocycles. The highest BCUT2D eigenvalue weighted by atomic mass is 32.1. The van der Waals surface area contributed by atoms with Crippen LogP contribution >= 0.6 is 11.3 Å². The van der Waals surface area contributed by atoms with Crippen molar-refractivity contribution in [1.29, 1.82) is 0 Å². The van der Waals surface area contributed by atoms with Gasteiger partial charge in [0.15, 0.2) is 0 Å². The van der Waals surface area contributed by atoms with Gasteiger partial charge < -0.3 is 10.4 Å². The maximum Gasteiger partial charge on any atom is 0.123 e. The van der Waals surface area contributed by atoms with Gasteiger partial charge in [-0.25, -0.2) is 4.39 Å². The summed E-state index contributed by atoms with van der Waals surface area (Å²) in [6.45, 7) is 3.37. The summed E-state index contributed by atoms with van der Waals surface area (Å²) in [5, 5.41) is 12.4. The topological polar surface area (TPSA) is 32.3 Å². The Morgan fingerprint density at radius 1 is 1.32 bits per heavy atom. The molecule has 0 aliphatic carbocycles. The summed E-state index contributed by atoms with van der Waals surface area (Å²) >= 11 is 1.66. The zero-order chi connectivity index (χ0) is 13.7. The van der Waals surface area contributed by atoms with Crippen LogP contribution in [0.5, 0.6) is 0 Å². The molecule has 1 aromatic heterocycles. The van der Waals surface area contributed by atoms with Gasteiger partial charge in [-0.05, 0) is 49.7 Å². The lowest BCUT2D eigenvalue weighted by Crippen LogP contribution is -2.17. The number of rotatable bonds is 6. The summed E-state index contributed by atoms with van der Waals surface area (Å²) in [4.78, 5) is 2.29. The summed E-state index contributed by atoms with van der Waals surface area (Å²) in [5.41, 5.74) is 0.917. The molecule has 102 valence electrons. The van der Waals surface area contributed by atoms with Gasteiger partial charge in [-0.15, -0.1) is 11.3 Å². The standard InChI is InChI=1S/C15H18FNOS/c1-11(18)7-8-17-10-14-5-6-15(19-14)12-3-2-4-13(16)9-12/h2-6,9,11,17-18H,7-8,10H2,1H3. The third kappa shape index (κ3) is 4.42. The van der Waals surface area contributed by atoms with E-state index >= 15 is 0 Å². The van der Waals surface area contributed by atoms with Crippen molar-refractivity contribution >= 4 is 11.3 Å². The number of aliphatic hydroxyl groups excluding tert-OH is 1. The number of thiophene rings is 1. The molecule has 0 spiro atoms. The van der Waals surface area contributed by atoms with E-state index in [2.05, 4.69) is 11.4 Å². The molecule has 0 bridgehead atoms. The van der Waals surface area contributed by atoms with Gasteiger partial charge in [0.25, 0.3) is 0 Å². The molecule has 0 saturated heterocycles. The number of aliphatic hydroxyl groups is 1. The molecule has 1 unspecified atom stereocenters. The molecular formula is C15H18FNOS. The van der Waals surface area contributed by atoms with Crippen molar-refractivity contribution in [2.75, 3.05) is 6.54 Å². The van der Waals surface area contributed by atoms with Crippen LogP contribution in [-0.2, 0) is 6.54 Å². The normalized spacial score (nSPS) is 12.6. The fourth-order valence-electron chi connectivity index (χ4n) is 1.79. The van der Waals surface area contributed by atoms with E-state index in [0.29, 0.717) is 0 Å². The van der Waals surface area contributed by atoms with E-state index in [1.54, 1.807) is 30.4 Å². The van der Waals surface area contributed by atoms with Gasteiger partial charge in [0.05, 0.1) is 6.10 Å². The quantitative estimate of drug-likeness (QED) is 0.794. The summed E-state index contributed by atoms with van der Waals surface area (Å²) < 4.78 is 13.2. The van der Waals surface area contributed by atoms with Crippen molar-refractivity contribution in [3.63, 3.8) is 0 Å². The van der Waals surface area contributed by atoms with Crippen LogP contribution in [0, 0.1) is 5.82 Å². The van der Waals surface area contributed by atoms with Crippen molar-refractivity contribution in [1.82, 2.24) is 5.32 Å². The fourth-order valence-corrected chi connectivity index (χ4v) is 2.77. The molecule has 2 N–H and O–H groups in total. The molecule has 0 fully saturated rings. The molecule has 1 atom stereocenters. The Morgan fingerprint density at radius 3 is 2.89 bits per heavy atom. The molecule has 1 heterocycles. The van der Waals surface area contributed by atoms with Crippen molar-refractivity contribution in [3.8, 4) is 10.4 Å². The molecule has 0 aliphatic rings.